The lowest BCUT2D eigenvalue weighted by atomic mass is 10.1. The smallest absolute Gasteiger partial charge is 0.269 e. The Labute approximate surface area is 198 Å². The number of hydrogen-bond acceptors (Lipinski definition) is 3. The normalized spacial score (nSPS) is 11.1. The molecule has 34 heavy (non-hydrogen) atoms. The van der Waals surface area contributed by atoms with Gasteiger partial charge in [0, 0.05) is 40.4 Å². The second kappa shape index (κ2) is 10.0. The maximum atomic E-state index is 13.1. The van der Waals surface area contributed by atoms with Crippen molar-refractivity contribution >= 4 is 34.7 Å². The van der Waals surface area contributed by atoms with Gasteiger partial charge in [0.15, 0.2) is 0 Å². The van der Waals surface area contributed by atoms with Crippen molar-refractivity contribution in [1.82, 2.24) is 15.0 Å². The highest BCUT2D eigenvalue weighted by molar-refractivity contribution is 6.05. The fourth-order valence-corrected chi connectivity index (χ4v) is 3.67. The topological polar surface area (TPSA) is 71.4 Å². The molecule has 4 rings (SSSR count). The summed E-state index contributed by atoms with van der Waals surface area (Å²) in [5.74, 6) is -0.881. The molecule has 0 fully saturated rings. The van der Waals surface area contributed by atoms with Crippen molar-refractivity contribution in [3.05, 3.63) is 114 Å². The molecule has 0 radical (unpaired) electrons. The highest BCUT2D eigenvalue weighted by Gasteiger charge is 2.19. The molecule has 0 unspecified atom stereocenters. The molecule has 6 nitrogen and oxygen atoms in total. The van der Waals surface area contributed by atoms with Gasteiger partial charge < -0.3 is 0 Å². The first-order chi connectivity index (χ1) is 16.5. The standard InChI is InChI=1S/C28H25N3O3/c1-20(2)31(29-27(33)21-11-5-3-6-12-21)26(32)18-17-23-19-30(25-16-10-9-15-24(23)25)28(34)22-13-7-4-8-14-22/h3-20H,1-2H3,(H,29,33). The number of carbonyl (C=O) groups excluding carboxylic acids is 3. The number of para-hydroxylation sites is 1. The van der Waals surface area contributed by atoms with Gasteiger partial charge in [0.2, 0.25) is 0 Å². The second-order valence-corrected chi connectivity index (χ2v) is 8.09. The number of hydrazine groups is 1. The predicted octanol–water partition coefficient (Wildman–Crippen LogP) is 4.93. The van der Waals surface area contributed by atoms with E-state index in [-0.39, 0.29) is 23.8 Å². The molecular weight excluding hydrogens is 426 g/mol. The Morgan fingerprint density at radius 2 is 1.41 bits per heavy atom. The summed E-state index contributed by atoms with van der Waals surface area (Å²) in [5.41, 5.74) is 5.20. The van der Waals surface area contributed by atoms with Crippen LogP contribution in [0.25, 0.3) is 17.0 Å². The maximum absolute atomic E-state index is 13.1. The zero-order valence-corrected chi connectivity index (χ0v) is 19.0. The fraction of sp³-hybridized carbons (Fsp3) is 0.107. The molecule has 0 saturated carbocycles. The minimum absolute atomic E-state index is 0.151. The van der Waals surface area contributed by atoms with Crippen molar-refractivity contribution in [3.63, 3.8) is 0 Å². The van der Waals surface area contributed by atoms with E-state index in [1.165, 1.54) is 11.1 Å². The van der Waals surface area contributed by atoms with Crippen molar-refractivity contribution in [1.29, 1.82) is 0 Å². The summed E-state index contributed by atoms with van der Waals surface area (Å²) in [5, 5.41) is 2.14. The molecule has 0 aliphatic rings. The number of carbonyl (C=O) groups is 3. The third-order valence-electron chi connectivity index (χ3n) is 5.40. The molecule has 0 aliphatic heterocycles. The number of rotatable bonds is 5. The van der Waals surface area contributed by atoms with Crippen molar-refractivity contribution in [3.8, 4) is 0 Å². The number of amides is 2. The van der Waals surface area contributed by atoms with Crippen LogP contribution in [-0.2, 0) is 4.79 Å². The van der Waals surface area contributed by atoms with E-state index in [2.05, 4.69) is 5.43 Å². The summed E-state index contributed by atoms with van der Waals surface area (Å²) in [6.45, 7) is 3.64. The van der Waals surface area contributed by atoms with Crippen molar-refractivity contribution in [2.75, 3.05) is 0 Å². The van der Waals surface area contributed by atoms with Gasteiger partial charge in [0.25, 0.3) is 17.7 Å². The first-order valence-electron chi connectivity index (χ1n) is 11.0. The molecular formula is C28H25N3O3. The minimum atomic E-state index is -0.370. The van der Waals surface area contributed by atoms with Crippen molar-refractivity contribution < 1.29 is 14.4 Å². The van der Waals surface area contributed by atoms with Gasteiger partial charge in [0.05, 0.1) is 5.52 Å². The number of hydrogen-bond donors (Lipinski definition) is 1. The van der Waals surface area contributed by atoms with Crippen molar-refractivity contribution in [2.24, 2.45) is 0 Å². The average Bonchev–Trinajstić information content (AvgIpc) is 3.24. The monoisotopic (exact) mass is 451 g/mol. The Bertz CT molecular complexity index is 1360. The van der Waals surface area contributed by atoms with Gasteiger partial charge in [-0.2, -0.15) is 0 Å². The highest BCUT2D eigenvalue weighted by Crippen LogP contribution is 2.24. The first-order valence-corrected chi connectivity index (χ1v) is 11.0. The Hall–Kier alpha value is -4.45. The van der Waals surface area contributed by atoms with Gasteiger partial charge in [0.1, 0.15) is 0 Å². The summed E-state index contributed by atoms with van der Waals surface area (Å²) < 4.78 is 1.59. The van der Waals surface area contributed by atoms with Crippen LogP contribution >= 0.6 is 0 Å². The number of benzene rings is 3. The van der Waals surface area contributed by atoms with E-state index in [4.69, 9.17) is 0 Å². The molecule has 0 aliphatic carbocycles. The lowest BCUT2D eigenvalue weighted by Gasteiger charge is -2.25. The van der Waals surface area contributed by atoms with Crippen molar-refractivity contribution in [2.45, 2.75) is 19.9 Å². The molecule has 2 amide bonds. The molecule has 3 aromatic carbocycles. The van der Waals surface area contributed by atoms with Crippen LogP contribution in [0.1, 0.15) is 40.1 Å². The lowest BCUT2D eigenvalue weighted by molar-refractivity contribution is -0.130. The van der Waals surface area contributed by atoms with Gasteiger partial charge in [-0.3, -0.25) is 24.4 Å². The van der Waals surface area contributed by atoms with Gasteiger partial charge in [-0.05, 0) is 50.3 Å². The number of aromatic nitrogens is 1. The molecule has 170 valence electrons. The van der Waals surface area contributed by atoms with Crippen LogP contribution in [-0.4, -0.2) is 33.3 Å². The van der Waals surface area contributed by atoms with E-state index >= 15 is 0 Å². The minimum Gasteiger partial charge on any atom is -0.283 e. The van der Waals surface area contributed by atoms with Crippen LogP contribution in [0.3, 0.4) is 0 Å². The first kappa shape index (κ1) is 22.7. The predicted molar refractivity (Wildman–Crippen MR) is 133 cm³/mol. The second-order valence-electron chi connectivity index (χ2n) is 8.09. The molecule has 1 aromatic heterocycles. The van der Waals surface area contributed by atoms with Crippen LogP contribution < -0.4 is 5.43 Å². The summed E-state index contributed by atoms with van der Waals surface area (Å²) in [7, 11) is 0. The molecule has 4 aromatic rings. The van der Waals surface area contributed by atoms with Crippen LogP contribution in [0, 0.1) is 0 Å². The third kappa shape index (κ3) is 4.81. The maximum Gasteiger partial charge on any atom is 0.269 e. The summed E-state index contributed by atoms with van der Waals surface area (Å²) in [6.07, 6.45) is 4.81. The van der Waals surface area contributed by atoms with Gasteiger partial charge in [-0.1, -0.05) is 54.6 Å². The SMILES string of the molecule is CC(C)N(NC(=O)c1ccccc1)C(=O)C=Cc1cn(C(=O)c2ccccc2)c2ccccc12. The molecule has 0 saturated heterocycles. The fourth-order valence-electron chi connectivity index (χ4n) is 3.67. The molecule has 0 atom stereocenters. The molecule has 0 bridgehead atoms. The Morgan fingerprint density at radius 3 is 2.06 bits per heavy atom. The highest BCUT2D eigenvalue weighted by atomic mass is 16.2. The van der Waals surface area contributed by atoms with E-state index in [0.717, 1.165) is 16.5 Å². The molecule has 1 heterocycles. The zero-order valence-electron chi connectivity index (χ0n) is 19.0. The number of fused-ring (bicyclic) bond motifs is 1. The van der Waals surface area contributed by atoms with Crippen LogP contribution in [0.4, 0.5) is 0 Å². The number of nitrogens with zero attached hydrogens (tertiary/aromatic N) is 2. The lowest BCUT2D eigenvalue weighted by Crippen LogP contribution is -2.49. The summed E-state index contributed by atoms with van der Waals surface area (Å²) in [6, 6.07) is 25.1. The summed E-state index contributed by atoms with van der Waals surface area (Å²) >= 11 is 0. The zero-order chi connectivity index (χ0) is 24.1. The van der Waals surface area contributed by atoms with Crippen LogP contribution in [0.15, 0.2) is 97.2 Å². The van der Waals surface area contributed by atoms with E-state index in [9.17, 15) is 14.4 Å². The van der Waals surface area contributed by atoms with Gasteiger partial charge in [-0.15, -0.1) is 0 Å². The average molecular weight is 452 g/mol. The Morgan fingerprint density at radius 1 is 0.824 bits per heavy atom. The quantitative estimate of drug-likeness (QED) is 0.346. The van der Waals surface area contributed by atoms with E-state index in [0.29, 0.717) is 11.1 Å². The van der Waals surface area contributed by atoms with Crippen LogP contribution in [0.2, 0.25) is 0 Å². The van der Waals surface area contributed by atoms with Gasteiger partial charge >= 0.3 is 0 Å². The molecule has 6 heteroatoms. The largest absolute Gasteiger partial charge is 0.283 e. The van der Waals surface area contributed by atoms with E-state index in [1.54, 1.807) is 53.2 Å². The Balaban J connectivity index is 1.60. The van der Waals surface area contributed by atoms with Gasteiger partial charge in [-0.25, -0.2) is 5.01 Å². The van der Waals surface area contributed by atoms with E-state index in [1.807, 2.05) is 62.4 Å². The molecule has 0 spiro atoms. The summed E-state index contributed by atoms with van der Waals surface area (Å²) in [4.78, 5) is 38.6. The van der Waals surface area contributed by atoms with Crippen LogP contribution in [0.5, 0.6) is 0 Å². The van der Waals surface area contributed by atoms with E-state index < -0.39 is 0 Å². The molecule has 1 N–H and O–H groups in total. The Kier molecular flexibility index (Phi) is 6.69. The third-order valence-corrected chi connectivity index (χ3v) is 5.40. The number of nitrogens with one attached hydrogen (secondary N) is 1.